The maximum absolute atomic E-state index is 4.20. The molecule has 2 unspecified atom stereocenters. The lowest BCUT2D eigenvalue weighted by Gasteiger charge is -2.15. The van der Waals surface area contributed by atoms with E-state index >= 15 is 0 Å². The molecule has 1 aliphatic rings. The fourth-order valence-corrected chi connectivity index (χ4v) is 1.86. The summed E-state index contributed by atoms with van der Waals surface area (Å²) in [4.78, 5) is 2.47. The Kier molecular flexibility index (Phi) is 4.44. The third-order valence-electron chi connectivity index (χ3n) is 2.77. The molecule has 0 amide bonds. The Balaban J connectivity index is 1.93. The van der Waals surface area contributed by atoms with Gasteiger partial charge >= 0.3 is 0 Å². The van der Waals surface area contributed by atoms with E-state index in [1.807, 2.05) is 0 Å². The van der Waals surface area contributed by atoms with Crippen molar-refractivity contribution in [3.8, 4) is 0 Å². The van der Waals surface area contributed by atoms with Gasteiger partial charge in [-0.3, -0.25) is 0 Å². The van der Waals surface area contributed by atoms with E-state index in [0.29, 0.717) is 0 Å². The fourth-order valence-electron chi connectivity index (χ4n) is 1.64. The topological polar surface area (TPSA) is 3.24 Å². The zero-order valence-corrected chi connectivity index (χ0v) is 9.19. The minimum atomic E-state index is 0.998. The van der Waals surface area contributed by atoms with E-state index in [1.165, 1.54) is 32.4 Å². The minimum absolute atomic E-state index is 0.998. The Morgan fingerprint density at radius 3 is 2.58 bits per heavy atom. The second kappa shape index (κ2) is 5.13. The van der Waals surface area contributed by atoms with Crippen molar-refractivity contribution in [3.63, 3.8) is 0 Å². The van der Waals surface area contributed by atoms with E-state index < -0.39 is 0 Å². The van der Waals surface area contributed by atoms with Crippen molar-refractivity contribution in [2.75, 3.05) is 25.9 Å². The lowest BCUT2D eigenvalue weighted by atomic mass is 10.3. The first kappa shape index (κ1) is 10.4. The summed E-state index contributed by atoms with van der Waals surface area (Å²) in [6, 6.07) is 0. The summed E-state index contributed by atoms with van der Waals surface area (Å²) in [5.41, 5.74) is 0. The Hall–Kier alpha value is 0.310. The van der Waals surface area contributed by atoms with Gasteiger partial charge in [-0.25, -0.2) is 0 Å². The molecule has 0 bridgehead atoms. The van der Waals surface area contributed by atoms with E-state index in [0.717, 1.165) is 17.6 Å². The molecule has 1 fully saturated rings. The Morgan fingerprint density at radius 2 is 2.08 bits per heavy atom. The number of nitrogens with zero attached hydrogens (tertiary/aromatic N) is 1. The molecule has 0 radical (unpaired) electrons. The molecule has 2 heteroatoms. The molecule has 72 valence electrons. The second-order valence-corrected chi connectivity index (χ2v) is 4.61. The molecule has 0 aromatic carbocycles. The molecular weight excluding hydrogens is 166 g/mol. The standard InChI is InChI=1S/C10H21NS/c1-9-7-10(9)8-11(2)5-3-4-6-12/h9-10,12H,3-8H2,1-2H3. The Morgan fingerprint density at radius 1 is 1.42 bits per heavy atom. The number of thiol groups is 1. The van der Waals surface area contributed by atoms with Crippen LogP contribution in [0.5, 0.6) is 0 Å². The summed E-state index contributed by atoms with van der Waals surface area (Å²) < 4.78 is 0. The monoisotopic (exact) mass is 187 g/mol. The van der Waals surface area contributed by atoms with Gasteiger partial charge in [0, 0.05) is 6.54 Å². The molecule has 12 heavy (non-hydrogen) atoms. The molecule has 0 N–H and O–H groups in total. The number of unbranched alkanes of at least 4 members (excludes halogenated alkanes) is 1. The first-order valence-electron chi connectivity index (χ1n) is 5.03. The highest BCUT2D eigenvalue weighted by molar-refractivity contribution is 7.80. The summed E-state index contributed by atoms with van der Waals surface area (Å²) in [5.74, 6) is 3.04. The van der Waals surface area contributed by atoms with Crippen LogP contribution in [0.15, 0.2) is 0 Å². The summed E-state index contributed by atoms with van der Waals surface area (Å²) in [7, 11) is 2.24. The number of hydrogen-bond donors (Lipinski definition) is 1. The van der Waals surface area contributed by atoms with Crippen LogP contribution in [0.1, 0.15) is 26.2 Å². The van der Waals surface area contributed by atoms with E-state index in [1.54, 1.807) is 0 Å². The lowest BCUT2D eigenvalue weighted by molar-refractivity contribution is 0.310. The molecule has 2 atom stereocenters. The number of hydrogen-bond acceptors (Lipinski definition) is 2. The predicted octanol–water partition coefficient (Wildman–Crippen LogP) is 2.28. The van der Waals surface area contributed by atoms with Gasteiger partial charge in [-0.05, 0) is 50.4 Å². The van der Waals surface area contributed by atoms with Crippen LogP contribution < -0.4 is 0 Å². The van der Waals surface area contributed by atoms with E-state index in [4.69, 9.17) is 0 Å². The highest BCUT2D eigenvalue weighted by Gasteiger charge is 2.32. The first-order valence-corrected chi connectivity index (χ1v) is 5.66. The predicted molar refractivity (Wildman–Crippen MR) is 57.9 cm³/mol. The van der Waals surface area contributed by atoms with Crippen LogP contribution in [0.3, 0.4) is 0 Å². The highest BCUT2D eigenvalue weighted by atomic mass is 32.1. The van der Waals surface area contributed by atoms with E-state index in [-0.39, 0.29) is 0 Å². The maximum Gasteiger partial charge on any atom is 0.000926 e. The van der Waals surface area contributed by atoms with Gasteiger partial charge in [0.05, 0.1) is 0 Å². The van der Waals surface area contributed by atoms with Crippen molar-refractivity contribution in [2.45, 2.75) is 26.2 Å². The van der Waals surface area contributed by atoms with Gasteiger partial charge in [0.15, 0.2) is 0 Å². The zero-order chi connectivity index (χ0) is 8.97. The molecule has 0 heterocycles. The van der Waals surface area contributed by atoms with Gasteiger partial charge in [0.1, 0.15) is 0 Å². The fraction of sp³-hybridized carbons (Fsp3) is 1.00. The van der Waals surface area contributed by atoms with Crippen LogP contribution >= 0.6 is 12.6 Å². The van der Waals surface area contributed by atoms with Crippen LogP contribution in [0.4, 0.5) is 0 Å². The quantitative estimate of drug-likeness (QED) is 0.493. The SMILES string of the molecule is CC1CC1CN(C)CCCCS. The molecule has 0 saturated heterocycles. The Bertz CT molecular complexity index is 127. The molecule has 0 aromatic rings. The second-order valence-electron chi connectivity index (χ2n) is 4.17. The van der Waals surface area contributed by atoms with Gasteiger partial charge in [-0.15, -0.1) is 0 Å². The zero-order valence-electron chi connectivity index (χ0n) is 8.29. The van der Waals surface area contributed by atoms with Crippen molar-refractivity contribution in [2.24, 2.45) is 11.8 Å². The van der Waals surface area contributed by atoms with Crippen LogP contribution in [-0.2, 0) is 0 Å². The van der Waals surface area contributed by atoms with E-state index in [9.17, 15) is 0 Å². The normalized spacial score (nSPS) is 28.0. The van der Waals surface area contributed by atoms with E-state index in [2.05, 4.69) is 31.5 Å². The van der Waals surface area contributed by atoms with Gasteiger partial charge in [-0.1, -0.05) is 6.92 Å². The third-order valence-corrected chi connectivity index (χ3v) is 3.09. The van der Waals surface area contributed by atoms with Crippen LogP contribution in [0, 0.1) is 11.8 Å². The van der Waals surface area contributed by atoms with Crippen molar-refractivity contribution < 1.29 is 0 Å². The molecular formula is C10H21NS. The lowest BCUT2D eigenvalue weighted by Crippen LogP contribution is -2.22. The first-order chi connectivity index (χ1) is 5.74. The maximum atomic E-state index is 4.20. The number of rotatable bonds is 6. The van der Waals surface area contributed by atoms with Crippen molar-refractivity contribution in [3.05, 3.63) is 0 Å². The van der Waals surface area contributed by atoms with Crippen molar-refractivity contribution in [1.82, 2.24) is 4.90 Å². The smallest absolute Gasteiger partial charge is 0.000926 e. The Labute approximate surface area is 81.9 Å². The van der Waals surface area contributed by atoms with Crippen molar-refractivity contribution in [1.29, 1.82) is 0 Å². The average molecular weight is 187 g/mol. The van der Waals surface area contributed by atoms with Crippen LogP contribution in [0.2, 0.25) is 0 Å². The molecule has 1 rings (SSSR count). The average Bonchev–Trinajstić information content (AvgIpc) is 2.67. The third kappa shape index (κ3) is 3.81. The summed E-state index contributed by atoms with van der Waals surface area (Å²) in [6.45, 7) is 4.92. The molecule has 0 spiro atoms. The molecule has 0 aromatic heterocycles. The summed E-state index contributed by atoms with van der Waals surface area (Å²) in [6.07, 6.45) is 4.02. The van der Waals surface area contributed by atoms with Crippen LogP contribution in [0.25, 0.3) is 0 Å². The molecule has 1 saturated carbocycles. The van der Waals surface area contributed by atoms with Gasteiger partial charge in [-0.2, -0.15) is 12.6 Å². The summed E-state index contributed by atoms with van der Waals surface area (Å²) in [5, 5.41) is 0. The minimum Gasteiger partial charge on any atom is -0.306 e. The molecule has 0 aliphatic heterocycles. The highest BCUT2D eigenvalue weighted by Crippen LogP contribution is 2.37. The van der Waals surface area contributed by atoms with Crippen molar-refractivity contribution >= 4 is 12.6 Å². The summed E-state index contributed by atoms with van der Waals surface area (Å²) >= 11 is 4.20. The van der Waals surface area contributed by atoms with Crippen LogP contribution in [-0.4, -0.2) is 30.8 Å². The van der Waals surface area contributed by atoms with Gasteiger partial charge in [0.25, 0.3) is 0 Å². The molecule has 1 nitrogen and oxygen atoms in total. The molecule has 1 aliphatic carbocycles. The van der Waals surface area contributed by atoms with Gasteiger partial charge < -0.3 is 4.90 Å². The van der Waals surface area contributed by atoms with Gasteiger partial charge in [0.2, 0.25) is 0 Å². The largest absolute Gasteiger partial charge is 0.306 e.